The first-order valence-electron chi connectivity index (χ1n) is 5.15. The zero-order chi connectivity index (χ0) is 12.8. The molecule has 7 nitrogen and oxygen atoms in total. The molecular formula is C10H13N5O2. The highest BCUT2D eigenvalue weighted by Crippen LogP contribution is 2.21. The SMILES string of the molecule is CN1CC(C(=O)NC#N)CC(C(=O)NC#N)C1. The lowest BCUT2D eigenvalue weighted by molar-refractivity contribution is -0.130. The minimum Gasteiger partial charge on any atom is -0.305 e. The zero-order valence-corrected chi connectivity index (χ0v) is 9.43. The molecule has 0 radical (unpaired) electrons. The summed E-state index contributed by atoms with van der Waals surface area (Å²) in [7, 11) is 1.79. The van der Waals surface area contributed by atoms with E-state index in [1.807, 2.05) is 4.90 Å². The van der Waals surface area contributed by atoms with Crippen LogP contribution in [-0.2, 0) is 9.59 Å². The van der Waals surface area contributed by atoms with Gasteiger partial charge in [-0.15, -0.1) is 0 Å². The van der Waals surface area contributed by atoms with Crippen LogP contribution in [0.25, 0.3) is 0 Å². The third-order valence-electron chi connectivity index (χ3n) is 2.73. The average Bonchev–Trinajstić information content (AvgIpc) is 2.29. The molecule has 0 aromatic heterocycles. The number of hydrogen-bond acceptors (Lipinski definition) is 5. The number of amides is 2. The van der Waals surface area contributed by atoms with Gasteiger partial charge in [0.2, 0.25) is 11.8 Å². The molecule has 0 aliphatic carbocycles. The van der Waals surface area contributed by atoms with Crippen molar-refractivity contribution in [1.82, 2.24) is 15.5 Å². The van der Waals surface area contributed by atoms with Gasteiger partial charge in [0.25, 0.3) is 0 Å². The summed E-state index contributed by atoms with van der Waals surface area (Å²) in [6.45, 7) is 1.01. The second-order valence-corrected chi connectivity index (χ2v) is 4.05. The summed E-state index contributed by atoms with van der Waals surface area (Å²) in [5, 5.41) is 20.9. The van der Waals surface area contributed by atoms with E-state index < -0.39 is 11.8 Å². The standard InChI is InChI=1S/C10H13N5O2/c1-15-3-7(9(16)13-5-11)2-8(4-15)10(17)14-6-12/h7-8H,2-4H2,1H3,(H,13,16)(H,14,17). The molecule has 2 N–H and O–H groups in total. The molecular weight excluding hydrogens is 222 g/mol. The molecule has 1 rings (SSSR count). The highest BCUT2D eigenvalue weighted by Gasteiger charge is 2.33. The van der Waals surface area contributed by atoms with Gasteiger partial charge in [-0.2, -0.15) is 10.5 Å². The zero-order valence-electron chi connectivity index (χ0n) is 9.43. The van der Waals surface area contributed by atoms with E-state index in [1.165, 1.54) is 0 Å². The molecule has 1 fully saturated rings. The molecule has 2 amide bonds. The van der Waals surface area contributed by atoms with Gasteiger partial charge in [0, 0.05) is 13.1 Å². The Bertz CT molecular complexity index is 358. The maximum Gasteiger partial charge on any atom is 0.237 e. The molecule has 0 bridgehead atoms. The van der Waals surface area contributed by atoms with Crippen molar-refractivity contribution < 1.29 is 9.59 Å². The number of piperidine rings is 1. The summed E-state index contributed by atoms with van der Waals surface area (Å²) in [5.41, 5.74) is 0. The van der Waals surface area contributed by atoms with Gasteiger partial charge in [0.15, 0.2) is 12.4 Å². The van der Waals surface area contributed by atoms with Crippen molar-refractivity contribution in [3.8, 4) is 12.4 Å². The molecule has 1 saturated heterocycles. The Morgan fingerprint density at radius 3 is 1.88 bits per heavy atom. The van der Waals surface area contributed by atoms with Crippen LogP contribution in [0.2, 0.25) is 0 Å². The summed E-state index contributed by atoms with van der Waals surface area (Å²) in [6.07, 6.45) is 3.51. The van der Waals surface area contributed by atoms with Crippen molar-refractivity contribution in [2.24, 2.45) is 11.8 Å². The second kappa shape index (κ2) is 5.83. The lowest BCUT2D eigenvalue weighted by atomic mass is 9.88. The quantitative estimate of drug-likeness (QED) is 0.459. The number of likely N-dealkylation sites (tertiary alicyclic amines) is 1. The summed E-state index contributed by atoms with van der Waals surface area (Å²) < 4.78 is 0. The summed E-state index contributed by atoms with van der Waals surface area (Å²) in [5.74, 6) is -1.56. The molecule has 17 heavy (non-hydrogen) atoms. The lowest BCUT2D eigenvalue weighted by Gasteiger charge is -2.33. The van der Waals surface area contributed by atoms with E-state index in [9.17, 15) is 9.59 Å². The van der Waals surface area contributed by atoms with Gasteiger partial charge in [-0.3, -0.25) is 20.2 Å². The van der Waals surface area contributed by atoms with E-state index in [1.54, 1.807) is 19.4 Å². The van der Waals surface area contributed by atoms with E-state index in [2.05, 4.69) is 10.6 Å². The van der Waals surface area contributed by atoms with E-state index in [0.717, 1.165) is 0 Å². The maximum absolute atomic E-state index is 11.5. The summed E-state index contributed by atoms with van der Waals surface area (Å²) in [6, 6.07) is 0. The Morgan fingerprint density at radius 1 is 1.12 bits per heavy atom. The molecule has 7 heteroatoms. The number of nitrogens with one attached hydrogen (secondary N) is 2. The van der Waals surface area contributed by atoms with Crippen molar-refractivity contribution in [2.45, 2.75) is 6.42 Å². The van der Waals surface area contributed by atoms with Crippen LogP contribution >= 0.6 is 0 Å². The van der Waals surface area contributed by atoms with Gasteiger partial charge >= 0.3 is 0 Å². The van der Waals surface area contributed by atoms with Crippen molar-refractivity contribution in [2.75, 3.05) is 20.1 Å². The average molecular weight is 235 g/mol. The summed E-state index contributed by atoms with van der Waals surface area (Å²) in [4.78, 5) is 24.9. The fourth-order valence-corrected chi connectivity index (χ4v) is 2.01. The largest absolute Gasteiger partial charge is 0.305 e. The van der Waals surface area contributed by atoms with Crippen LogP contribution in [0.5, 0.6) is 0 Å². The molecule has 0 aromatic carbocycles. The number of hydrogen-bond donors (Lipinski definition) is 2. The van der Waals surface area contributed by atoms with Gasteiger partial charge in [-0.25, -0.2) is 0 Å². The lowest BCUT2D eigenvalue weighted by Crippen LogP contribution is -2.47. The van der Waals surface area contributed by atoms with Crippen LogP contribution in [0.3, 0.4) is 0 Å². The van der Waals surface area contributed by atoms with Crippen LogP contribution in [-0.4, -0.2) is 36.9 Å². The third-order valence-corrected chi connectivity index (χ3v) is 2.73. The van der Waals surface area contributed by atoms with Crippen molar-refractivity contribution >= 4 is 11.8 Å². The van der Waals surface area contributed by atoms with Crippen LogP contribution in [0.1, 0.15) is 6.42 Å². The Hall–Kier alpha value is -2.12. The highest BCUT2D eigenvalue weighted by atomic mass is 16.2. The molecule has 2 atom stereocenters. The van der Waals surface area contributed by atoms with Gasteiger partial charge < -0.3 is 4.90 Å². The Morgan fingerprint density at radius 2 is 1.53 bits per heavy atom. The molecule has 2 unspecified atom stereocenters. The van der Waals surface area contributed by atoms with E-state index in [-0.39, 0.29) is 11.8 Å². The van der Waals surface area contributed by atoms with Gasteiger partial charge in [0.05, 0.1) is 11.8 Å². The first-order valence-corrected chi connectivity index (χ1v) is 5.15. The van der Waals surface area contributed by atoms with Crippen LogP contribution < -0.4 is 10.6 Å². The van der Waals surface area contributed by atoms with Crippen molar-refractivity contribution in [3.05, 3.63) is 0 Å². The second-order valence-electron chi connectivity index (χ2n) is 4.05. The predicted molar refractivity (Wildman–Crippen MR) is 56.6 cm³/mol. The monoisotopic (exact) mass is 235 g/mol. The van der Waals surface area contributed by atoms with E-state index >= 15 is 0 Å². The fraction of sp³-hybridized carbons (Fsp3) is 0.600. The molecule has 1 heterocycles. The van der Waals surface area contributed by atoms with Crippen molar-refractivity contribution in [3.63, 3.8) is 0 Å². The number of nitriles is 2. The number of carbonyl (C=O) groups excluding carboxylic acids is 2. The molecule has 1 aliphatic rings. The highest BCUT2D eigenvalue weighted by molar-refractivity contribution is 5.84. The van der Waals surface area contributed by atoms with Crippen LogP contribution in [0, 0.1) is 34.7 Å². The fourth-order valence-electron chi connectivity index (χ4n) is 2.01. The Balaban J connectivity index is 2.66. The van der Waals surface area contributed by atoms with Gasteiger partial charge in [-0.05, 0) is 13.5 Å². The molecule has 0 aromatic rings. The van der Waals surface area contributed by atoms with E-state index in [4.69, 9.17) is 10.5 Å². The number of nitrogens with zero attached hydrogens (tertiary/aromatic N) is 3. The summed E-state index contributed by atoms with van der Waals surface area (Å²) >= 11 is 0. The van der Waals surface area contributed by atoms with Crippen LogP contribution in [0.4, 0.5) is 0 Å². The molecule has 0 saturated carbocycles. The first-order chi connectivity index (χ1) is 8.08. The number of carbonyl (C=O) groups is 2. The van der Waals surface area contributed by atoms with Crippen LogP contribution in [0.15, 0.2) is 0 Å². The minimum absolute atomic E-state index is 0.353. The smallest absolute Gasteiger partial charge is 0.237 e. The van der Waals surface area contributed by atoms with Crippen molar-refractivity contribution in [1.29, 1.82) is 10.5 Å². The Labute approximate surface area is 99.0 Å². The molecule has 90 valence electrons. The number of rotatable bonds is 2. The van der Waals surface area contributed by atoms with E-state index in [0.29, 0.717) is 19.5 Å². The third kappa shape index (κ3) is 3.44. The van der Waals surface area contributed by atoms with Gasteiger partial charge in [0.1, 0.15) is 0 Å². The molecule has 0 spiro atoms. The predicted octanol–water partition coefficient (Wildman–Crippen LogP) is -1.25. The maximum atomic E-state index is 11.5. The normalized spacial score (nSPS) is 24.2. The van der Waals surface area contributed by atoms with Gasteiger partial charge in [-0.1, -0.05) is 0 Å². The first kappa shape index (κ1) is 12.9. The molecule has 1 aliphatic heterocycles. The Kier molecular flexibility index (Phi) is 4.44. The minimum atomic E-state index is -0.400. The topological polar surface area (TPSA) is 109 Å².